The predicted molar refractivity (Wildman–Crippen MR) is 87.8 cm³/mol. The fraction of sp³-hybridized carbons (Fsp3) is 0.611. The minimum absolute atomic E-state index is 0.0178. The van der Waals surface area contributed by atoms with Crippen LogP contribution < -0.4 is 9.47 Å². The summed E-state index contributed by atoms with van der Waals surface area (Å²) in [6, 6.07) is 6.45. The van der Waals surface area contributed by atoms with Gasteiger partial charge in [0, 0.05) is 17.9 Å². The highest BCUT2D eigenvalue weighted by Crippen LogP contribution is 2.46. The monoisotopic (exact) mass is 305 g/mol. The number of likely N-dealkylation sites (N-methyl/N-ethyl adjacent to an activating group) is 1. The number of aldehydes is 1. The van der Waals surface area contributed by atoms with Gasteiger partial charge < -0.3 is 19.2 Å². The second-order valence-corrected chi connectivity index (χ2v) is 6.12. The van der Waals surface area contributed by atoms with Crippen molar-refractivity contribution in [1.82, 2.24) is 4.90 Å². The molecule has 0 bridgehead atoms. The Bertz CT molecular complexity index is 513. The molecule has 0 amide bonds. The van der Waals surface area contributed by atoms with Crippen LogP contribution in [-0.4, -0.2) is 45.0 Å². The second-order valence-electron chi connectivity index (χ2n) is 6.12. The second kappa shape index (κ2) is 7.14. The molecular formula is C18H27NO3. The molecule has 0 unspecified atom stereocenters. The Labute approximate surface area is 133 Å². The Hall–Kier alpha value is -1.55. The first-order valence-electron chi connectivity index (χ1n) is 7.99. The minimum Gasteiger partial charge on any atom is -0.493 e. The first kappa shape index (κ1) is 16.8. The molecule has 1 heterocycles. The number of carbonyl (C=O) groups is 1. The Morgan fingerprint density at radius 1 is 1.32 bits per heavy atom. The summed E-state index contributed by atoms with van der Waals surface area (Å²) in [7, 11) is 5.43. The van der Waals surface area contributed by atoms with Gasteiger partial charge >= 0.3 is 0 Å². The molecule has 0 aliphatic carbocycles. The Morgan fingerprint density at radius 3 is 2.64 bits per heavy atom. The summed E-state index contributed by atoms with van der Waals surface area (Å²) in [6.45, 7) is 3.23. The summed E-state index contributed by atoms with van der Waals surface area (Å²) in [4.78, 5) is 13.5. The molecule has 0 N–H and O–H groups in total. The van der Waals surface area contributed by atoms with E-state index in [2.05, 4.69) is 31.0 Å². The van der Waals surface area contributed by atoms with Gasteiger partial charge in [0.05, 0.1) is 14.2 Å². The molecule has 1 fully saturated rings. The van der Waals surface area contributed by atoms with Gasteiger partial charge in [-0.25, -0.2) is 0 Å². The van der Waals surface area contributed by atoms with E-state index < -0.39 is 0 Å². The zero-order valence-corrected chi connectivity index (χ0v) is 14.1. The van der Waals surface area contributed by atoms with Crippen molar-refractivity contribution in [3.05, 3.63) is 23.8 Å². The lowest BCUT2D eigenvalue weighted by atomic mass is 9.70. The van der Waals surface area contributed by atoms with Gasteiger partial charge in [0.1, 0.15) is 6.29 Å². The van der Waals surface area contributed by atoms with E-state index >= 15 is 0 Å². The van der Waals surface area contributed by atoms with Crippen molar-refractivity contribution in [2.24, 2.45) is 0 Å². The van der Waals surface area contributed by atoms with Crippen LogP contribution in [0.4, 0.5) is 0 Å². The third-order valence-corrected chi connectivity index (χ3v) is 5.05. The summed E-state index contributed by atoms with van der Waals surface area (Å²) in [5.74, 6) is 1.51. The normalized spacial score (nSPS) is 25.2. The summed E-state index contributed by atoms with van der Waals surface area (Å²) < 4.78 is 10.8. The lowest BCUT2D eigenvalue weighted by Gasteiger charge is -2.37. The maximum atomic E-state index is 11.2. The van der Waals surface area contributed by atoms with Gasteiger partial charge in [-0.15, -0.1) is 0 Å². The molecule has 1 aliphatic rings. The molecule has 0 aromatic heterocycles. The topological polar surface area (TPSA) is 38.8 Å². The van der Waals surface area contributed by atoms with Crippen LogP contribution in [0.2, 0.25) is 0 Å². The van der Waals surface area contributed by atoms with Crippen molar-refractivity contribution in [2.45, 2.75) is 44.1 Å². The largest absolute Gasteiger partial charge is 0.493 e. The Kier molecular flexibility index (Phi) is 5.46. The molecule has 122 valence electrons. The smallest absolute Gasteiger partial charge is 0.161 e. The SMILES string of the molecule is CCC[C@@]1(c2ccc(OC)c(OC)c2)CCN(C)[C@H]1CC=O. The van der Waals surface area contributed by atoms with Crippen LogP contribution in [0.5, 0.6) is 11.5 Å². The summed E-state index contributed by atoms with van der Waals surface area (Å²) in [5, 5.41) is 0. The fourth-order valence-electron chi connectivity index (χ4n) is 3.98. The molecular weight excluding hydrogens is 278 g/mol. The summed E-state index contributed by atoms with van der Waals surface area (Å²) in [6.07, 6.45) is 4.87. The van der Waals surface area contributed by atoms with Gasteiger partial charge in [-0.2, -0.15) is 0 Å². The minimum atomic E-state index is 0.0178. The molecule has 1 saturated heterocycles. The molecule has 0 spiro atoms. The third kappa shape index (κ3) is 2.84. The zero-order chi connectivity index (χ0) is 16.2. The summed E-state index contributed by atoms with van der Waals surface area (Å²) >= 11 is 0. The number of benzene rings is 1. The van der Waals surface area contributed by atoms with E-state index in [9.17, 15) is 4.79 Å². The number of nitrogens with zero attached hydrogens (tertiary/aromatic N) is 1. The highest BCUT2D eigenvalue weighted by Gasteiger charge is 2.46. The molecule has 0 radical (unpaired) electrons. The van der Waals surface area contributed by atoms with Crippen LogP contribution in [0.1, 0.15) is 38.2 Å². The summed E-state index contributed by atoms with van der Waals surface area (Å²) in [5.41, 5.74) is 1.27. The lowest BCUT2D eigenvalue weighted by Crippen LogP contribution is -2.41. The highest BCUT2D eigenvalue weighted by molar-refractivity contribution is 5.53. The van der Waals surface area contributed by atoms with Gasteiger partial charge in [-0.05, 0) is 44.1 Å². The molecule has 22 heavy (non-hydrogen) atoms. The van der Waals surface area contributed by atoms with E-state index in [4.69, 9.17) is 9.47 Å². The molecule has 1 aromatic carbocycles. The molecule has 1 aromatic rings. The maximum absolute atomic E-state index is 11.2. The van der Waals surface area contributed by atoms with Crippen LogP contribution in [0, 0.1) is 0 Å². The van der Waals surface area contributed by atoms with Gasteiger partial charge in [0.15, 0.2) is 11.5 Å². The van der Waals surface area contributed by atoms with Gasteiger partial charge in [0.2, 0.25) is 0 Å². The van der Waals surface area contributed by atoms with Crippen molar-refractivity contribution in [3.8, 4) is 11.5 Å². The van der Waals surface area contributed by atoms with E-state index in [0.717, 1.165) is 43.6 Å². The standard InChI is InChI=1S/C18H27NO3/c1-5-9-18(10-11-19(2)17(18)8-12-20)14-6-7-15(21-3)16(13-14)22-4/h6-7,12-13,17H,5,8-11H2,1-4H3/t17-,18-/m0/s1. The van der Waals surface area contributed by atoms with E-state index in [1.54, 1.807) is 14.2 Å². The van der Waals surface area contributed by atoms with Crippen LogP contribution >= 0.6 is 0 Å². The third-order valence-electron chi connectivity index (χ3n) is 5.05. The molecule has 4 nitrogen and oxygen atoms in total. The molecule has 4 heteroatoms. The fourth-order valence-corrected chi connectivity index (χ4v) is 3.98. The Balaban J connectivity index is 2.49. The van der Waals surface area contributed by atoms with Crippen LogP contribution in [0.15, 0.2) is 18.2 Å². The van der Waals surface area contributed by atoms with Gasteiger partial charge in [-0.3, -0.25) is 0 Å². The van der Waals surface area contributed by atoms with E-state index in [0.29, 0.717) is 6.42 Å². The van der Waals surface area contributed by atoms with Gasteiger partial charge in [-0.1, -0.05) is 19.4 Å². The number of hydrogen-bond donors (Lipinski definition) is 0. The predicted octanol–water partition coefficient (Wildman–Crippen LogP) is 3.03. The molecule has 1 aliphatic heterocycles. The van der Waals surface area contributed by atoms with E-state index in [1.807, 2.05) is 6.07 Å². The maximum Gasteiger partial charge on any atom is 0.161 e. The van der Waals surface area contributed by atoms with Crippen molar-refractivity contribution < 1.29 is 14.3 Å². The number of methoxy groups -OCH3 is 2. The first-order chi connectivity index (χ1) is 10.6. The number of carbonyl (C=O) groups excluding carboxylic acids is 1. The van der Waals surface area contributed by atoms with E-state index in [1.165, 1.54) is 5.56 Å². The highest BCUT2D eigenvalue weighted by atomic mass is 16.5. The number of ether oxygens (including phenoxy) is 2. The van der Waals surface area contributed by atoms with E-state index in [-0.39, 0.29) is 11.5 Å². The van der Waals surface area contributed by atoms with Crippen LogP contribution in [-0.2, 0) is 10.2 Å². The molecule has 2 rings (SSSR count). The lowest BCUT2D eigenvalue weighted by molar-refractivity contribution is -0.109. The Morgan fingerprint density at radius 2 is 2.05 bits per heavy atom. The molecule has 0 saturated carbocycles. The van der Waals surface area contributed by atoms with Crippen molar-refractivity contribution in [1.29, 1.82) is 0 Å². The van der Waals surface area contributed by atoms with Crippen molar-refractivity contribution in [3.63, 3.8) is 0 Å². The quantitative estimate of drug-likeness (QED) is 0.726. The van der Waals surface area contributed by atoms with Gasteiger partial charge in [0.25, 0.3) is 0 Å². The first-order valence-corrected chi connectivity index (χ1v) is 7.99. The number of rotatable bonds is 7. The average molecular weight is 305 g/mol. The van der Waals surface area contributed by atoms with Crippen LogP contribution in [0.3, 0.4) is 0 Å². The number of hydrogen-bond acceptors (Lipinski definition) is 4. The number of likely N-dealkylation sites (tertiary alicyclic amines) is 1. The molecule has 2 atom stereocenters. The average Bonchev–Trinajstić information content (AvgIpc) is 2.85. The van der Waals surface area contributed by atoms with Crippen LogP contribution in [0.25, 0.3) is 0 Å². The van der Waals surface area contributed by atoms with Crippen molar-refractivity contribution in [2.75, 3.05) is 27.8 Å². The van der Waals surface area contributed by atoms with Crippen molar-refractivity contribution >= 4 is 6.29 Å². The zero-order valence-electron chi connectivity index (χ0n) is 14.1.